The van der Waals surface area contributed by atoms with Gasteiger partial charge in [-0.3, -0.25) is 4.79 Å². The summed E-state index contributed by atoms with van der Waals surface area (Å²) in [7, 11) is 0. The van der Waals surface area contributed by atoms with Gasteiger partial charge in [0.05, 0.1) is 6.10 Å². The van der Waals surface area contributed by atoms with Crippen LogP contribution in [0.1, 0.15) is 19.8 Å². The van der Waals surface area contributed by atoms with Crippen LogP contribution in [0.2, 0.25) is 0 Å². The van der Waals surface area contributed by atoms with Crippen LogP contribution in [0, 0.1) is 0 Å². The Labute approximate surface area is 88.1 Å². The Bertz CT molecular complexity index is 275. The zero-order valence-corrected chi connectivity index (χ0v) is 8.60. The van der Waals surface area contributed by atoms with Crippen molar-refractivity contribution in [2.24, 2.45) is 0 Å². The Morgan fingerprint density at radius 3 is 2.80 bits per heavy atom. The molecule has 0 saturated carbocycles. The molecule has 2 unspecified atom stereocenters. The van der Waals surface area contributed by atoms with E-state index in [-0.39, 0.29) is 18.1 Å². The minimum Gasteiger partial charge on any atom is -0.478 e. The van der Waals surface area contributed by atoms with Gasteiger partial charge in [0.2, 0.25) is 5.91 Å². The third-order valence-electron chi connectivity index (χ3n) is 2.21. The maximum absolute atomic E-state index is 11.2. The lowest BCUT2D eigenvalue weighted by atomic mass is 10.0. The SMILES string of the molecule is CC1CC(NC(=O)/C=C/C(=O)O)CCO1. The summed E-state index contributed by atoms with van der Waals surface area (Å²) in [5, 5.41) is 11.1. The van der Waals surface area contributed by atoms with Crippen LogP contribution in [0.15, 0.2) is 12.2 Å². The average Bonchev–Trinajstić information content (AvgIpc) is 2.15. The van der Waals surface area contributed by atoms with Gasteiger partial charge in [0.15, 0.2) is 0 Å². The van der Waals surface area contributed by atoms with E-state index in [9.17, 15) is 9.59 Å². The van der Waals surface area contributed by atoms with Crippen molar-refractivity contribution in [2.45, 2.75) is 31.9 Å². The number of hydrogen-bond acceptors (Lipinski definition) is 3. The Hall–Kier alpha value is -1.36. The first-order chi connectivity index (χ1) is 7.08. The van der Waals surface area contributed by atoms with Crippen LogP contribution >= 0.6 is 0 Å². The number of carbonyl (C=O) groups excluding carboxylic acids is 1. The van der Waals surface area contributed by atoms with Crippen molar-refractivity contribution >= 4 is 11.9 Å². The van der Waals surface area contributed by atoms with Crippen molar-refractivity contribution in [3.63, 3.8) is 0 Å². The molecular weight excluding hydrogens is 198 g/mol. The number of nitrogens with one attached hydrogen (secondary N) is 1. The molecule has 0 aromatic heterocycles. The van der Waals surface area contributed by atoms with Gasteiger partial charge >= 0.3 is 5.97 Å². The molecule has 5 nitrogen and oxygen atoms in total. The molecule has 0 aromatic carbocycles. The zero-order valence-electron chi connectivity index (χ0n) is 8.60. The van der Waals surface area contributed by atoms with Crippen LogP contribution in [-0.2, 0) is 14.3 Å². The molecule has 1 amide bonds. The standard InChI is InChI=1S/C10H15NO4/c1-7-6-8(4-5-15-7)11-9(12)2-3-10(13)14/h2-3,7-8H,4-6H2,1H3,(H,11,12)(H,13,14)/b3-2+. The second-order valence-electron chi connectivity index (χ2n) is 3.58. The minimum atomic E-state index is -1.12. The molecule has 1 fully saturated rings. The quantitative estimate of drug-likeness (QED) is 0.661. The predicted molar refractivity (Wildman–Crippen MR) is 53.4 cm³/mol. The molecule has 1 heterocycles. The number of carbonyl (C=O) groups is 2. The van der Waals surface area contributed by atoms with E-state index in [2.05, 4.69) is 5.32 Å². The maximum Gasteiger partial charge on any atom is 0.328 e. The normalized spacial score (nSPS) is 26.5. The highest BCUT2D eigenvalue weighted by Gasteiger charge is 2.19. The lowest BCUT2D eigenvalue weighted by Crippen LogP contribution is -2.40. The predicted octanol–water partition coefficient (Wildman–Crippen LogP) is 0.311. The van der Waals surface area contributed by atoms with Gasteiger partial charge in [0.1, 0.15) is 0 Å². The van der Waals surface area contributed by atoms with Gasteiger partial charge < -0.3 is 15.2 Å². The van der Waals surface area contributed by atoms with Crippen LogP contribution in [0.3, 0.4) is 0 Å². The van der Waals surface area contributed by atoms with E-state index in [1.165, 1.54) is 0 Å². The molecular formula is C10H15NO4. The Morgan fingerprint density at radius 1 is 1.47 bits per heavy atom. The Balaban J connectivity index is 2.34. The van der Waals surface area contributed by atoms with Crippen molar-refractivity contribution in [2.75, 3.05) is 6.61 Å². The van der Waals surface area contributed by atoms with E-state index >= 15 is 0 Å². The van der Waals surface area contributed by atoms with Crippen molar-refractivity contribution in [1.82, 2.24) is 5.32 Å². The summed E-state index contributed by atoms with van der Waals surface area (Å²) in [5.41, 5.74) is 0. The number of ether oxygens (including phenoxy) is 1. The summed E-state index contributed by atoms with van der Waals surface area (Å²) >= 11 is 0. The fourth-order valence-corrected chi connectivity index (χ4v) is 1.53. The fourth-order valence-electron chi connectivity index (χ4n) is 1.53. The number of carboxylic acid groups (broad SMARTS) is 1. The molecule has 0 bridgehead atoms. The van der Waals surface area contributed by atoms with E-state index in [1.54, 1.807) is 0 Å². The van der Waals surface area contributed by atoms with E-state index in [0.717, 1.165) is 25.0 Å². The molecule has 2 atom stereocenters. The summed E-state index contributed by atoms with van der Waals surface area (Å²) in [5.74, 6) is -1.48. The molecule has 1 aliphatic rings. The highest BCUT2D eigenvalue weighted by atomic mass is 16.5. The lowest BCUT2D eigenvalue weighted by molar-refractivity contribution is -0.131. The van der Waals surface area contributed by atoms with Gasteiger partial charge in [-0.2, -0.15) is 0 Å². The molecule has 2 N–H and O–H groups in total. The number of carboxylic acids is 1. The first kappa shape index (κ1) is 11.7. The van der Waals surface area contributed by atoms with Crippen LogP contribution in [0.5, 0.6) is 0 Å². The molecule has 1 rings (SSSR count). The van der Waals surface area contributed by atoms with Crippen molar-refractivity contribution in [1.29, 1.82) is 0 Å². The summed E-state index contributed by atoms with van der Waals surface area (Å²) in [4.78, 5) is 21.4. The van der Waals surface area contributed by atoms with E-state index in [1.807, 2.05) is 6.92 Å². The molecule has 84 valence electrons. The topological polar surface area (TPSA) is 75.6 Å². The van der Waals surface area contributed by atoms with Gasteiger partial charge in [-0.1, -0.05) is 0 Å². The summed E-state index contributed by atoms with van der Waals surface area (Å²) < 4.78 is 5.32. The van der Waals surface area contributed by atoms with E-state index in [4.69, 9.17) is 9.84 Å². The largest absolute Gasteiger partial charge is 0.478 e. The highest BCUT2D eigenvalue weighted by Crippen LogP contribution is 2.12. The lowest BCUT2D eigenvalue weighted by Gasteiger charge is -2.27. The van der Waals surface area contributed by atoms with Crippen LogP contribution in [0.25, 0.3) is 0 Å². The van der Waals surface area contributed by atoms with Crippen molar-refractivity contribution < 1.29 is 19.4 Å². The van der Waals surface area contributed by atoms with E-state index < -0.39 is 5.97 Å². The molecule has 0 spiro atoms. The number of aliphatic carboxylic acids is 1. The summed E-state index contributed by atoms with van der Waals surface area (Å²) in [6, 6.07) is 0.0831. The number of rotatable bonds is 3. The molecule has 0 aliphatic carbocycles. The van der Waals surface area contributed by atoms with Gasteiger partial charge in [-0.05, 0) is 19.8 Å². The summed E-state index contributed by atoms with van der Waals surface area (Å²) in [6.45, 7) is 2.58. The highest BCUT2D eigenvalue weighted by molar-refractivity contribution is 5.93. The van der Waals surface area contributed by atoms with E-state index in [0.29, 0.717) is 6.61 Å². The van der Waals surface area contributed by atoms with Crippen molar-refractivity contribution in [3.05, 3.63) is 12.2 Å². The number of hydrogen-bond donors (Lipinski definition) is 2. The van der Waals surface area contributed by atoms with Gasteiger partial charge in [0, 0.05) is 24.8 Å². The molecule has 1 aliphatic heterocycles. The zero-order chi connectivity index (χ0) is 11.3. The van der Waals surface area contributed by atoms with Gasteiger partial charge in [-0.15, -0.1) is 0 Å². The first-order valence-corrected chi connectivity index (χ1v) is 4.91. The summed E-state index contributed by atoms with van der Waals surface area (Å²) in [6.07, 6.45) is 3.55. The maximum atomic E-state index is 11.2. The molecule has 0 aromatic rings. The smallest absolute Gasteiger partial charge is 0.328 e. The van der Waals surface area contributed by atoms with Gasteiger partial charge in [0.25, 0.3) is 0 Å². The molecule has 1 saturated heterocycles. The van der Waals surface area contributed by atoms with Gasteiger partial charge in [-0.25, -0.2) is 4.79 Å². The second kappa shape index (κ2) is 5.50. The van der Waals surface area contributed by atoms with Crippen LogP contribution in [0.4, 0.5) is 0 Å². The van der Waals surface area contributed by atoms with Crippen LogP contribution < -0.4 is 5.32 Å². The first-order valence-electron chi connectivity index (χ1n) is 4.91. The number of amides is 1. The average molecular weight is 213 g/mol. The second-order valence-corrected chi connectivity index (χ2v) is 3.58. The third kappa shape index (κ3) is 4.60. The Kier molecular flexibility index (Phi) is 4.30. The van der Waals surface area contributed by atoms with Crippen LogP contribution in [-0.4, -0.2) is 35.7 Å². The Morgan fingerprint density at radius 2 is 2.20 bits per heavy atom. The minimum absolute atomic E-state index is 0.0831. The fraction of sp³-hybridized carbons (Fsp3) is 0.600. The molecule has 15 heavy (non-hydrogen) atoms. The molecule has 5 heteroatoms. The monoisotopic (exact) mass is 213 g/mol. The van der Waals surface area contributed by atoms with Crippen molar-refractivity contribution in [3.8, 4) is 0 Å². The molecule has 0 radical (unpaired) electrons. The third-order valence-corrected chi connectivity index (χ3v) is 2.21.